The highest BCUT2D eigenvalue weighted by molar-refractivity contribution is 7.99. The molecule has 0 aromatic rings. The second-order valence-electron chi connectivity index (χ2n) is 4.32. The van der Waals surface area contributed by atoms with Crippen LogP contribution in [0.4, 0.5) is 0 Å². The molecule has 2 saturated heterocycles. The molecule has 2 atom stereocenters. The third-order valence-corrected chi connectivity index (χ3v) is 6.59. The van der Waals surface area contributed by atoms with Crippen LogP contribution in [0, 0.1) is 0 Å². The third-order valence-electron chi connectivity index (χ3n) is 3.19. The van der Waals surface area contributed by atoms with Gasteiger partial charge < -0.3 is 9.90 Å². The minimum absolute atomic E-state index is 0.129. The molecule has 17 heavy (non-hydrogen) atoms. The summed E-state index contributed by atoms with van der Waals surface area (Å²) in [6.07, 6.45) is 2.76. The third kappa shape index (κ3) is 2.59. The van der Waals surface area contributed by atoms with E-state index in [1.54, 1.807) is 0 Å². The summed E-state index contributed by atoms with van der Waals surface area (Å²) in [6, 6.07) is -0.938. The van der Waals surface area contributed by atoms with Gasteiger partial charge in [-0.2, -0.15) is 17.0 Å². The first kappa shape index (κ1) is 13.1. The second-order valence-corrected chi connectivity index (χ2v) is 7.34. The molecular weight excluding hydrogens is 264 g/mol. The lowest BCUT2D eigenvalue weighted by Crippen LogP contribution is -3.18. The first-order valence-corrected chi connectivity index (χ1v) is 8.27. The first-order chi connectivity index (χ1) is 8.03. The van der Waals surface area contributed by atoms with Gasteiger partial charge in [-0.05, 0) is 12.8 Å². The maximum absolute atomic E-state index is 12.3. The van der Waals surface area contributed by atoms with Gasteiger partial charge in [0.05, 0.1) is 5.75 Å². The Hall–Kier alpha value is -0.310. The van der Waals surface area contributed by atoms with E-state index < -0.39 is 22.2 Å². The number of piperidine rings is 1. The zero-order valence-electron chi connectivity index (χ0n) is 9.42. The van der Waals surface area contributed by atoms with Crippen LogP contribution in [-0.4, -0.2) is 49.5 Å². The lowest BCUT2D eigenvalue weighted by Gasteiger charge is -2.29. The van der Waals surface area contributed by atoms with E-state index >= 15 is 0 Å². The number of hydrogen-bond donors (Lipinski definition) is 1. The van der Waals surface area contributed by atoms with Crippen LogP contribution in [0.15, 0.2) is 0 Å². The van der Waals surface area contributed by atoms with E-state index in [4.69, 9.17) is 0 Å². The molecule has 0 aliphatic carbocycles. The van der Waals surface area contributed by atoms with Crippen molar-refractivity contribution in [1.82, 2.24) is 4.31 Å². The SMILES string of the molecule is O=C([O-])[C@@H]1CSC[NH+]1S(=O)(=O)N1CCCCC1. The number of carbonyl (C=O) groups is 1. The van der Waals surface area contributed by atoms with Gasteiger partial charge in [0.2, 0.25) is 0 Å². The number of nitrogens with one attached hydrogen (secondary N) is 1. The number of quaternary nitrogens is 1. The molecule has 0 aromatic heterocycles. The lowest BCUT2D eigenvalue weighted by molar-refractivity contribution is -0.769. The first-order valence-electron chi connectivity index (χ1n) is 5.68. The number of hydrogen-bond acceptors (Lipinski definition) is 5. The monoisotopic (exact) mass is 280 g/mol. The van der Waals surface area contributed by atoms with Crippen LogP contribution in [0.3, 0.4) is 0 Å². The van der Waals surface area contributed by atoms with Gasteiger partial charge in [-0.25, -0.2) is 0 Å². The van der Waals surface area contributed by atoms with Crippen molar-refractivity contribution in [3.63, 3.8) is 0 Å². The van der Waals surface area contributed by atoms with Gasteiger partial charge in [0.1, 0.15) is 11.8 Å². The molecule has 0 saturated carbocycles. The molecule has 2 rings (SSSR count). The number of rotatable bonds is 3. The van der Waals surface area contributed by atoms with Gasteiger partial charge in [-0.3, -0.25) is 0 Å². The predicted molar refractivity (Wildman–Crippen MR) is 61.4 cm³/mol. The summed E-state index contributed by atoms with van der Waals surface area (Å²) in [5.74, 6) is -0.673. The fourth-order valence-electron chi connectivity index (χ4n) is 2.20. The van der Waals surface area contributed by atoms with Crippen molar-refractivity contribution in [2.45, 2.75) is 25.3 Å². The standard InChI is InChI=1S/C9H16N2O4S2/c12-9(13)8-6-16-7-11(8)17(14,15)10-4-2-1-3-5-10/h8H,1-7H2,(H,12,13)/t8-/m0/s1. The number of aliphatic carboxylic acids is 1. The minimum Gasteiger partial charge on any atom is -0.544 e. The van der Waals surface area contributed by atoms with Crippen LogP contribution < -0.4 is 9.41 Å². The van der Waals surface area contributed by atoms with E-state index in [-0.39, 0.29) is 10.2 Å². The summed E-state index contributed by atoms with van der Waals surface area (Å²) in [4.78, 5) is 10.9. The Morgan fingerprint density at radius 3 is 2.53 bits per heavy atom. The smallest absolute Gasteiger partial charge is 0.372 e. The number of thioether (sulfide) groups is 1. The largest absolute Gasteiger partial charge is 0.544 e. The van der Waals surface area contributed by atoms with E-state index in [9.17, 15) is 18.3 Å². The number of carboxylic acid groups (broad SMARTS) is 1. The molecule has 2 fully saturated rings. The molecular formula is C9H16N2O4S2. The predicted octanol–water partition coefficient (Wildman–Crippen LogP) is -2.58. The van der Waals surface area contributed by atoms with E-state index in [1.807, 2.05) is 0 Å². The van der Waals surface area contributed by atoms with Crippen molar-refractivity contribution in [2.75, 3.05) is 24.7 Å². The maximum Gasteiger partial charge on any atom is 0.372 e. The lowest BCUT2D eigenvalue weighted by atomic mass is 10.2. The Morgan fingerprint density at radius 1 is 1.29 bits per heavy atom. The minimum atomic E-state index is -3.55. The van der Waals surface area contributed by atoms with Gasteiger partial charge >= 0.3 is 10.2 Å². The van der Waals surface area contributed by atoms with Crippen LogP contribution in [-0.2, 0) is 15.0 Å². The number of nitrogens with zero attached hydrogens (tertiary/aromatic N) is 1. The summed E-state index contributed by atoms with van der Waals surface area (Å²) in [6.45, 7) is 1.02. The van der Waals surface area contributed by atoms with E-state index in [1.165, 1.54) is 16.1 Å². The van der Waals surface area contributed by atoms with Crippen LogP contribution in [0.5, 0.6) is 0 Å². The number of carbonyl (C=O) groups excluding carboxylic acids is 1. The van der Waals surface area contributed by atoms with Gasteiger partial charge in [-0.1, -0.05) is 18.2 Å². The molecule has 1 unspecified atom stereocenters. The van der Waals surface area contributed by atoms with Crippen molar-refractivity contribution < 1.29 is 22.6 Å². The zero-order chi connectivity index (χ0) is 12.5. The van der Waals surface area contributed by atoms with Crippen molar-refractivity contribution in [3.05, 3.63) is 0 Å². The van der Waals surface area contributed by atoms with Gasteiger partial charge in [0, 0.05) is 13.1 Å². The molecule has 1 N–H and O–H groups in total. The fraction of sp³-hybridized carbons (Fsp3) is 0.889. The van der Waals surface area contributed by atoms with Crippen LogP contribution >= 0.6 is 11.8 Å². The molecule has 0 bridgehead atoms. The summed E-state index contributed by atoms with van der Waals surface area (Å²) in [5, 5.41) is 10.9. The summed E-state index contributed by atoms with van der Waals surface area (Å²) in [7, 11) is -3.55. The molecule has 8 heteroatoms. The van der Waals surface area contributed by atoms with Crippen molar-refractivity contribution >= 4 is 27.9 Å². The molecule has 6 nitrogen and oxygen atoms in total. The molecule has 0 radical (unpaired) electrons. The Bertz CT molecular complexity index is 392. The average Bonchev–Trinajstić information content (AvgIpc) is 2.80. The van der Waals surface area contributed by atoms with Crippen LogP contribution in [0.2, 0.25) is 0 Å². The van der Waals surface area contributed by atoms with E-state index in [0.29, 0.717) is 18.8 Å². The molecule has 98 valence electrons. The highest BCUT2D eigenvalue weighted by Gasteiger charge is 2.43. The fourth-order valence-corrected chi connectivity index (χ4v) is 5.85. The molecule has 2 aliphatic rings. The quantitative estimate of drug-likeness (QED) is 0.614. The van der Waals surface area contributed by atoms with E-state index in [2.05, 4.69) is 0 Å². The Balaban J connectivity index is 2.16. The molecule has 0 spiro atoms. The normalized spacial score (nSPS) is 31.5. The van der Waals surface area contributed by atoms with Gasteiger partial charge in [-0.15, -0.1) is 0 Å². The van der Waals surface area contributed by atoms with Gasteiger partial charge in [0.15, 0.2) is 6.04 Å². The van der Waals surface area contributed by atoms with Crippen molar-refractivity contribution in [2.24, 2.45) is 0 Å². The number of carboxylic acids is 1. The van der Waals surface area contributed by atoms with Gasteiger partial charge in [0.25, 0.3) is 0 Å². The average molecular weight is 280 g/mol. The van der Waals surface area contributed by atoms with Crippen molar-refractivity contribution in [3.8, 4) is 0 Å². The maximum atomic E-state index is 12.3. The molecule has 0 amide bonds. The zero-order valence-corrected chi connectivity index (χ0v) is 11.1. The van der Waals surface area contributed by atoms with Crippen molar-refractivity contribution in [1.29, 1.82) is 0 Å². The molecule has 2 aliphatic heterocycles. The summed E-state index contributed by atoms with van der Waals surface area (Å²) in [5.41, 5.74) is 0. The molecule has 2 heterocycles. The Labute approximate surface area is 105 Å². The Kier molecular flexibility index (Phi) is 3.96. The summed E-state index contributed by atoms with van der Waals surface area (Å²) >= 11 is 1.35. The highest BCUT2D eigenvalue weighted by Crippen LogP contribution is 2.13. The van der Waals surface area contributed by atoms with Crippen LogP contribution in [0.1, 0.15) is 19.3 Å². The molecule has 0 aromatic carbocycles. The second kappa shape index (κ2) is 5.13. The van der Waals surface area contributed by atoms with E-state index in [0.717, 1.165) is 19.3 Å². The Morgan fingerprint density at radius 2 is 1.94 bits per heavy atom. The topological polar surface area (TPSA) is 81.9 Å². The van der Waals surface area contributed by atoms with Crippen LogP contribution in [0.25, 0.3) is 0 Å². The highest BCUT2D eigenvalue weighted by atomic mass is 32.2. The summed E-state index contributed by atoms with van der Waals surface area (Å²) < 4.78 is 26.1.